The maximum Gasteiger partial charge on any atom is 0.372 e. The van der Waals surface area contributed by atoms with E-state index in [1.807, 2.05) is 0 Å². The Morgan fingerprint density at radius 2 is 1.72 bits per heavy atom. The second kappa shape index (κ2) is 6.20. The molecule has 0 spiro atoms. The van der Waals surface area contributed by atoms with Crippen molar-refractivity contribution in [3.63, 3.8) is 0 Å². The van der Waals surface area contributed by atoms with Gasteiger partial charge in [0.2, 0.25) is 11.2 Å². The molecule has 4 N–H and O–H groups in total. The molecule has 7 nitrogen and oxygen atoms in total. The molecule has 1 aromatic heterocycles. The van der Waals surface area contributed by atoms with Crippen LogP contribution >= 0.6 is 0 Å². The lowest BCUT2D eigenvalue weighted by Crippen LogP contribution is -2.17. The maximum atomic E-state index is 12.6. The van der Waals surface area contributed by atoms with Gasteiger partial charge in [-0.05, 0) is 42.7 Å². The van der Waals surface area contributed by atoms with Crippen LogP contribution < -0.4 is 5.43 Å². The van der Waals surface area contributed by atoms with E-state index in [9.17, 15) is 30.0 Å². The Labute approximate surface area is 141 Å². The minimum absolute atomic E-state index is 0.00609. The molecule has 3 aromatic rings. The van der Waals surface area contributed by atoms with Crippen LogP contribution in [0.1, 0.15) is 21.7 Å². The number of aromatic carboxylic acids is 1. The molecule has 0 bridgehead atoms. The molecule has 0 aliphatic heterocycles. The van der Waals surface area contributed by atoms with Crippen LogP contribution in [0.25, 0.3) is 11.0 Å². The number of phenols is 3. The zero-order valence-corrected chi connectivity index (χ0v) is 12.9. The van der Waals surface area contributed by atoms with Crippen molar-refractivity contribution in [1.82, 2.24) is 0 Å². The molecular weight excluding hydrogens is 328 g/mol. The van der Waals surface area contributed by atoms with Gasteiger partial charge in [-0.1, -0.05) is 12.1 Å². The van der Waals surface area contributed by atoms with Gasteiger partial charge in [-0.15, -0.1) is 0 Å². The van der Waals surface area contributed by atoms with Crippen LogP contribution in [0.15, 0.2) is 45.6 Å². The molecule has 0 fully saturated rings. The van der Waals surface area contributed by atoms with Gasteiger partial charge in [0.1, 0.15) is 16.7 Å². The average Bonchev–Trinajstić information content (AvgIpc) is 2.56. The zero-order chi connectivity index (χ0) is 18.1. The normalized spacial score (nSPS) is 10.9. The molecule has 0 aliphatic carbocycles. The summed E-state index contributed by atoms with van der Waals surface area (Å²) in [6.07, 6.45) is 0.260. The quantitative estimate of drug-likeness (QED) is 0.536. The number of carboxylic acid groups (broad SMARTS) is 1. The van der Waals surface area contributed by atoms with Crippen molar-refractivity contribution in [2.24, 2.45) is 0 Å². The molecule has 2 aromatic carbocycles. The van der Waals surface area contributed by atoms with Gasteiger partial charge < -0.3 is 24.8 Å². The second-order valence-corrected chi connectivity index (χ2v) is 5.52. The van der Waals surface area contributed by atoms with Crippen molar-refractivity contribution in [3.05, 3.63) is 63.5 Å². The minimum atomic E-state index is -1.38. The van der Waals surface area contributed by atoms with Gasteiger partial charge in [-0.3, -0.25) is 4.79 Å². The summed E-state index contributed by atoms with van der Waals surface area (Å²) in [5.41, 5.74) is -0.0920. The molecule has 0 unspecified atom stereocenters. The van der Waals surface area contributed by atoms with Crippen LogP contribution in [-0.2, 0) is 12.8 Å². The second-order valence-electron chi connectivity index (χ2n) is 5.52. The standard InChI is InChI=1S/C18H14O7/c19-11-7-5-9(8-13(11)21)4-6-10-16(22)15-12(20)2-1-3-14(15)25-17(10)18(23)24/h1-3,5,7-8,19-21H,4,6H2,(H,23,24). The van der Waals surface area contributed by atoms with Gasteiger partial charge >= 0.3 is 5.97 Å². The van der Waals surface area contributed by atoms with Gasteiger partial charge in [-0.25, -0.2) is 4.79 Å². The van der Waals surface area contributed by atoms with Crippen LogP contribution in [0.2, 0.25) is 0 Å². The molecule has 25 heavy (non-hydrogen) atoms. The monoisotopic (exact) mass is 342 g/mol. The third-order valence-corrected chi connectivity index (χ3v) is 3.89. The van der Waals surface area contributed by atoms with Crippen LogP contribution in [-0.4, -0.2) is 26.4 Å². The van der Waals surface area contributed by atoms with E-state index < -0.39 is 17.2 Å². The van der Waals surface area contributed by atoms with Crippen LogP contribution in [0, 0.1) is 0 Å². The SMILES string of the molecule is O=C(O)c1oc2cccc(O)c2c(=O)c1CCc1ccc(O)c(O)c1. The van der Waals surface area contributed by atoms with E-state index in [0.717, 1.165) is 0 Å². The van der Waals surface area contributed by atoms with Gasteiger partial charge in [0.05, 0.1) is 5.56 Å². The molecule has 0 amide bonds. The van der Waals surface area contributed by atoms with Crippen molar-refractivity contribution in [1.29, 1.82) is 0 Å². The van der Waals surface area contributed by atoms with Crippen molar-refractivity contribution in [3.8, 4) is 17.2 Å². The average molecular weight is 342 g/mol. The fraction of sp³-hybridized carbons (Fsp3) is 0.111. The number of benzene rings is 2. The number of aryl methyl sites for hydroxylation is 1. The molecule has 0 radical (unpaired) electrons. The summed E-state index contributed by atoms with van der Waals surface area (Å²) in [5.74, 6) is -2.73. The third-order valence-electron chi connectivity index (χ3n) is 3.89. The number of phenolic OH excluding ortho intramolecular Hbond substituents is 3. The van der Waals surface area contributed by atoms with Gasteiger partial charge in [0.15, 0.2) is 11.5 Å². The largest absolute Gasteiger partial charge is 0.507 e. The fourth-order valence-corrected chi connectivity index (χ4v) is 2.65. The lowest BCUT2D eigenvalue weighted by Gasteiger charge is -2.08. The first-order chi connectivity index (χ1) is 11.9. The summed E-state index contributed by atoms with van der Waals surface area (Å²) >= 11 is 0. The van der Waals surface area contributed by atoms with E-state index in [-0.39, 0.29) is 46.6 Å². The van der Waals surface area contributed by atoms with E-state index in [1.54, 1.807) is 6.07 Å². The number of carboxylic acids is 1. The Bertz CT molecular complexity index is 1030. The molecule has 7 heteroatoms. The Morgan fingerprint density at radius 3 is 2.40 bits per heavy atom. The Morgan fingerprint density at radius 1 is 0.960 bits per heavy atom. The van der Waals surface area contributed by atoms with Crippen LogP contribution in [0.3, 0.4) is 0 Å². The van der Waals surface area contributed by atoms with Crippen LogP contribution in [0.4, 0.5) is 0 Å². The molecule has 1 heterocycles. The minimum Gasteiger partial charge on any atom is -0.507 e. The predicted molar refractivity (Wildman–Crippen MR) is 88.3 cm³/mol. The summed E-state index contributed by atoms with van der Waals surface area (Å²) in [4.78, 5) is 24.1. The van der Waals surface area contributed by atoms with E-state index in [1.165, 1.54) is 30.3 Å². The van der Waals surface area contributed by atoms with Gasteiger partial charge in [-0.2, -0.15) is 0 Å². The highest BCUT2D eigenvalue weighted by atomic mass is 16.4. The molecule has 128 valence electrons. The third kappa shape index (κ3) is 2.99. The fourth-order valence-electron chi connectivity index (χ4n) is 2.65. The summed E-state index contributed by atoms with van der Waals surface area (Å²) in [5, 5.41) is 38.0. The highest BCUT2D eigenvalue weighted by molar-refractivity contribution is 5.91. The number of aromatic hydroxyl groups is 3. The highest BCUT2D eigenvalue weighted by Crippen LogP contribution is 2.27. The molecule has 0 atom stereocenters. The first kappa shape index (κ1) is 16.4. The Balaban J connectivity index is 2.07. The lowest BCUT2D eigenvalue weighted by atomic mass is 10.0. The summed E-state index contributed by atoms with van der Waals surface area (Å²) in [6.45, 7) is 0. The van der Waals surface area contributed by atoms with E-state index in [4.69, 9.17) is 4.42 Å². The predicted octanol–water partition coefficient (Wildman–Crippen LogP) is 2.39. The Kier molecular flexibility index (Phi) is 4.06. The smallest absolute Gasteiger partial charge is 0.372 e. The van der Waals surface area contributed by atoms with Crippen molar-refractivity contribution < 1.29 is 29.6 Å². The molecule has 0 saturated carbocycles. The van der Waals surface area contributed by atoms with E-state index in [2.05, 4.69) is 0 Å². The summed E-state index contributed by atoms with van der Waals surface area (Å²) in [6, 6.07) is 8.36. The summed E-state index contributed by atoms with van der Waals surface area (Å²) in [7, 11) is 0. The van der Waals surface area contributed by atoms with Gasteiger partial charge in [0, 0.05) is 0 Å². The molecule has 3 rings (SSSR count). The lowest BCUT2D eigenvalue weighted by molar-refractivity contribution is 0.0661. The van der Waals surface area contributed by atoms with Crippen molar-refractivity contribution in [2.75, 3.05) is 0 Å². The first-order valence-corrected chi connectivity index (χ1v) is 7.40. The number of fused-ring (bicyclic) bond motifs is 1. The van der Waals surface area contributed by atoms with Crippen LogP contribution in [0.5, 0.6) is 17.2 Å². The number of hydrogen-bond acceptors (Lipinski definition) is 6. The summed E-state index contributed by atoms with van der Waals surface area (Å²) < 4.78 is 5.30. The first-order valence-electron chi connectivity index (χ1n) is 7.40. The zero-order valence-electron chi connectivity index (χ0n) is 12.9. The van der Waals surface area contributed by atoms with Crippen molar-refractivity contribution >= 4 is 16.9 Å². The molecule has 0 saturated heterocycles. The van der Waals surface area contributed by atoms with E-state index >= 15 is 0 Å². The van der Waals surface area contributed by atoms with E-state index in [0.29, 0.717) is 5.56 Å². The maximum absolute atomic E-state index is 12.6. The van der Waals surface area contributed by atoms with Crippen molar-refractivity contribution in [2.45, 2.75) is 12.8 Å². The molecule has 0 aliphatic rings. The molecular formula is C18H14O7. The number of rotatable bonds is 4. The number of hydrogen-bond donors (Lipinski definition) is 4. The van der Waals surface area contributed by atoms with Gasteiger partial charge in [0.25, 0.3) is 0 Å². The Hall–Kier alpha value is -3.48. The topological polar surface area (TPSA) is 128 Å². The number of carbonyl (C=O) groups is 1. The highest BCUT2D eigenvalue weighted by Gasteiger charge is 2.21.